The lowest BCUT2D eigenvalue weighted by Gasteiger charge is -2.13. The number of hydrogen-bond donors (Lipinski definition) is 2. The van der Waals surface area contributed by atoms with Gasteiger partial charge in [-0.1, -0.05) is 0 Å². The van der Waals surface area contributed by atoms with Crippen LogP contribution in [0.1, 0.15) is 17.3 Å². The zero-order valence-electron chi connectivity index (χ0n) is 11.5. The van der Waals surface area contributed by atoms with E-state index in [1.807, 2.05) is 19.0 Å². The first kappa shape index (κ1) is 15.2. The number of rotatable bonds is 6. The highest BCUT2D eigenvalue weighted by Gasteiger charge is 2.15. The third kappa shape index (κ3) is 4.40. The quantitative estimate of drug-likeness (QED) is 0.606. The number of halogens is 1. The van der Waals surface area contributed by atoms with Gasteiger partial charge in [-0.25, -0.2) is 9.18 Å². The molecular formula is C13H20FN3O2. The summed E-state index contributed by atoms with van der Waals surface area (Å²) in [5.74, 6) is -1.03. The van der Waals surface area contributed by atoms with E-state index in [2.05, 4.69) is 5.32 Å². The molecule has 0 radical (unpaired) electrons. The lowest BCUT2D eigenvalue weighted by Crippen LogP contribution is -2.21. The van der Waals surface area contributed by atoms with Crippen LogP contribution < -0.4 is 11.1 Å². The monoisotopic (exact) mass is 269 g/mol. The molecule has 3 N–H and O–H groups in total. The summed E-state index contributed by atoms with van der Waals surface area (Å²) < 4.78 is 18.6. The van der Waals surface area contributed by atoms with Crippen LogP contribution in [0.4, 0.5) is 15.8 Å². The summed E-state index contributed by atoms with van der Waals surface area (Å²) in [6.07, 6.45) is 0. The van der Waals surface area contributed by atoms with E-state index in [0.29, 0.717) is 6.54 Å². The van der Waals surface area contributed by atoms with Gasteiger partial charge in [0.15, 0.2) is 0 Å². The fraction of sp³-hybridized carbons (Fsp3) is 0.462. The number of likely N-dealkylation sites (N-methyl/N-ethyl adjacent to an activating group) is 1. The van der Waals surface area contributed by atoms with Crippen LogP contribution in [0.3, 0.4) is 0 Å². The molecule has 0 aliphatic heterocycles. The third-order valence-corrected chi connectivity index (χ3v) is 2.51. The van der Waals surface area contributed by atoms with Gasteiger partial charge in [0.2, 0.25) is 0 Å². The standard InChI is InChI=1S/C13H20FN3O2/c1-4-19-13(18)9-7-12(10(14)8-11(9)15)16-5-6-17(2)3/h7-8,16H,4-6,15H2,1-3H3. The van der Waals surface area contributed by atoms with Crippen molar-refractivity contribution in [2.24, 2.45) is 0 Å². The number of nitrogens with one attached hydrogen (secondary N) is 1. The minimum absolute atomic E-state index is 0.0779. The Kier molecular flexibility index (Phi) is 5.57. The van der Waals surface area contributed by atoms with E-state index < -0.39 is 11.8 Å². The summed E-state index contributed by atoms with van der Waals surface area (Å²) in [7, 11) is 3.84. The number of carbonyl (C=O) groups is 1. The fourth-order valence-corrected chi connectivity index (χ4v) is 1.52. The summed E-state index contributed by atoms with van der Waals surface area (Å²) in [5, 5.41) is 2.93. The third-order valence-electron chi connectivity index (χ3n) is 2.51. The minimum Gasteiger partial charge on any atom is -0.462 e. The van der Waals surface area contributed by atoms with Crippen molar-refractivity contribution < 1.29 is 13.9 Å². The molecule has 0 unspecified atom stereocenters. The van der Waals surface area contributed by atoms with Gasteiger partial charge in [-0.15, -0.1) is 0 Å². The summed E-state index contributed by atoms with van der Waals surface area (Å²) >= 11 is 0. The Labute approximate surface area is 112 Å². The smallest absolute Gasteiger partial charge is 0.340 e. The zero-order valence-corrected chi connectivity index (χ0v) is 11.5. The van der Waals surface area contributed by atoms with Crippen LogP contribution in [0.2, 0.25) is 0 Å². The molecule has 6 heteroatoms. The predicted molar refractivity (Wildman–Crippen MR) is 73.8 cm³/mol. The Morgan fingerprint density at radius 3 is 2.74 bits per heavy atom. The molecule has 0 spiro atoms. The Morgan fingerprint density at radius 1 is 1.47 bits per heavy atom. The summed E-state index contributed by atoms with van der Waals surface area (Å²) in [5.41, 5.74) is 6.13. The maximum Gasteiger partial charge on any atom is 0.340 e. The number of esters is 1. The molecule has 0 heterocycles. The molecule has 0 bridgehead atoms. The molecule has 1 aromatic carbocycles. The van der Waals surface area contributed by atoms with Crippen molar-refractivity contribution in [3.05, 3.63) is 23.5 Å². The molecule has 0 aliphatic rings. The van der Waals surface area contributed by atoms with Crippen molar-refractivity contribution in [1.82, 2.24) is 4.90 Å². The van der Waals surface area contributed by atoms with Gasteiger partial charge < -0.3 is 20.7 Å². The van der Waals surface area contributed by atoms with E-state index in [4.69, 9.17) is 10.5 Å². The number of hydrogen-bond acceptors (Lipinski definition) is 5. The summed E-state index contributed by atoms with van der Waals surface area (Å²) in [4.78, 5) is 13.6. The van der Waals surface area contributed by atoms with Crippen molar-refractivity contribution in [3.8, 4) is 0 Å². The molecule has 1 rings (SSSR count). The van der Waals surface area contributed by atoms with E-state index >= 15 is 0 Å². The molecular weight excluding hydrogens is 249 g/mol. The van der Waals surface area contributed by atoms with Gasteiger partial charge in [0.1, 0.15) is 5.82 Å². The molecule has 0 saturated carbocycles. The zero-order chi connectivity index (χ0) is 14.4. The average Bonchev–Trinajstić information content (AvgIpc) is 2.31. The van der Waals surface area contributed by atoms with E-state index in [-0.39, 0.29) is 23.5 Å². The predicted octanol–water partition coefficient (Wildman–Crippen LogP) is 1.56. The van der Waals surface area contributed by atoms with E-state index in [9.17, 15) is 9.18 Å². The van der Waals surface area contributed by atoms with Crippen molar-refractivity contribution in [2.45, 2.75) is 6.92 Å². The number of nitrogens with zero attached hydrogens (tertiary/aromatic N) is 1. The maximum absolute atomic E-state index is 13.7. The molecule has 106 valence electrons. The number of benzene rings is 1. The summed E-state index contributed by atoms with van der Waals surface area (Å²) in [6.45, 7) is 3.27. The van der Waals surface area contributed by atoms with Gasteiger partial charge in [-0.3, -0.25) is 0 Å². The van der Waals surface area contributed by atoms with Crippen molar-refractivity contribution in [3.63, 3.8) is 0 Å². The molecule has 0 amide bonds. The van der Waals surface area contributed by atoms with Gasteiger partial charge >= 0.3 is 5.97 Å². The molecule has 0 fully saturated rings. The number of nitrogens with two attached hydrogens (primary N) is 1. The highest BCUT2D eigenvalue weighted by atomic mass is 19.1. The van der Waals surface area contributed by atoms with Gasteiger partial charge in [-0.05, 0) is 33.2 Å². The lowest BCUT2D eigenvalue weighted by molar-refractivity contribution is 0.0527. The van der Waals surface area contributed by atoms with Crippen LogP contribution >= 0.6 is 0 Å². The first-order chi connectivity index (χ1) is 8.95. The van der Waals surface area contributed by atoms with Crippen LogP contribution in [-0.4, -0.2) is 44.7 Å². The lowest BCUT2D eigenvalue weighted by atomic mass is 10.1. The number of anilines is 2. The first-order valence-electron chi connectivity index (χ1n) is 6.10. The van der Waals surface area contributed by atoms with Crippen LogP contribution in [0, 0.1) is 5.82 Å². The Bertz CT molecular complexity index is 450. The van der Waals surface area contributed by atoms with Crippen molar-refractivity contribution in [2.75, 3.05) is 44.8 Å². The summed E-state index contributed by atoms with van der Waals surface area (Å²) in [6, 6.07) is 2.52. The topological polar surface area (TPSA) is 67.6 Å². The van der Waals surface area contributed by atoms with Crippen LogP contribution in [0.25, 0.3) is 0 Å². The SMILES string of the molecule is CCOC(=O)c1cc(NCCN(C)C)c(F)cc1N. The highest BCUT2D eigenvalue weighted by Crippen LogP contribution is 2.22. The van der Waals surface area contributed by atoms with Gasteiger partial charge in [0, 0.05) is 18.8 Å². The number of carbonyl (C=O) groups excluding carboxylic acids is 1. The largest absolute Gasteiger partial charge is 0.462 e. The normalized spacial score (nSPS) is 10.6. The molecule has 0 saturated heterocycles. The maximum atomic E-state index is 13.7. The second kappa shape index (κ2) is 6.94. The Balaban J connectivity index is 2.86. The fourth-order valence-electron chi connectivity index (χ4n) is 1.52. The molecule has 0 aromatic heterocycles. The van der Waals surface area contributed by atoms with Crippen molar-refractivity contribution in [1.29, 1.82) is 0 Å². The van der Waals surface area contributed by atoms with E-state index in [1.165, 1.54) is 6.07 Å². The van der Waals surface area contributed by atoms with Gasteiger partial charge in [-0.2, -0.15) is 0 Å². The Morgan fingerprint density at radius 2 is 2.16 bits per heavy atom. The highest BCUT2D eigenvalue weighted by molar-refractivity contribution is 5.96. The van der Waals surface area contributed by atoms with E-state index in [0.717, 1.165) is 12.6 Å². The van der Waals surface area contributed by atoms with Gasteiger partial charge in [0.05, 0.1) is 17.9 Å². The van der Waals surface area contributed by atoms with Crippen molar-refractivity contribution >= 4 is 17.3 Å². The molecule has 19 heavy (non-hydrogen) atoms. The molecule has 5 nitrogen and oxygen atoms in total. The number of ether oxygens (including phenoxy) is 1. The van der Waals surface area contributed by atoms with Gasteiger partial charge in [0.25, 0.3) is 0 Å². The molecule has 1 aromatic rings. The average molecular weight is 269 g/mol. The van der Waals surface area contributed by atoms with Crippen LogP contribution in [-0.2, 0) is 4.74 Å². The van der Waals surface area contributed by atoms with E-state index in [1.54, 1.807) is 6.92 Å². The second-order valence-electron chi connectivity index (χ2n) is 4.37. The molecule has 0 aliphatic carbocycles. The minimum atomic E-state index is -0.546. The Hall–Kier alpha value is -1.82. The number of nitrogen functional groups attached to an aromatic ring is 1. The second-order valence-corrected chi connectivity index (χ2v) is 4.37. The molecule has 0 atom stereocenters. The van der Waals surface area contributed by atoms with Crippen LogP contribution in [0.5, 0.6) is 0 Å². The van der Waals surface area contributed by atoms with Crippen LogP contribution in [0.15, 0.2) is 12.1 Å². The first-order valence-corrected chi connectivity index (χ1v) is 6.10.